The minimum absolute atomic E-state index is 0.0966. The summed E-state index contributed by atoms with van der Waals surface area (Å²) < 4.78 is 10.9. The van der Waals surface area contributed by atoms with Crippen molar-refractivity contribution in [3.63, 3.8) is 0 Å². The van der Waals surface area contributed by atoms with E-state index < -0.39 is 18.2 Å². The molecule has 1 N–H and O–H groups in total. The fourth-order valence-corrected chi connectivity index (χ4v) is 2.59. The summed E-state index contributed by atoms with van der Waals surface area (Å²) in [6.07, 6.45) is 2.71. The zero-order valence-electron chi connectivity index (χ0n) is 11.2. The van der Waals surface area contributed by atoms with Crippen molar-refractivity contribution in [2.75, 3.05) is 20.2 Å². The SMILES string of the molecule is CN(CC1CCCCO1)C(=O)[C@@H]1CC[C@H](C(=O)O)O1. The second kappa shape index (κ2) is 6.34. The first-order chi connectivity index (χ1) is 9.08. The van der Waals surface area contributed by atoms with Gasteiger partial charge in [0, 0.05) is 20.2 Å². The summed E-state index contributed by atoms with van der Waals surface area (Å²) in [6, 6.07) is 0. The van der Waals surface area contributed by atoms with Crippen LogP contribution in [0.5, 0.6) is 0 Å². The maximum Gasteiger partial charge on any atom is 0.332 e. The molecule has 0 spiro atoms. The zero-order chi connectivity index (χ0) is 13.8. The Morgan fingerprint density at radius 2 is 1.95 bits per heavy atom. The van der Waals surface area contributed by atoms with Crippen LogP contribution >= 0.6 is 0 Å². The van der Waals surface area contributed by atoms with Crippen molar-refractivity contribution in [1.82, 2.24) is 4.90 Å². The second-order valence-electron chi connectivity index (χ2n) is 5.24. The first-order valence-electron chi connectivity index (χ1n) is 6.83. The van der Waals surface area contributed by atoms with Gasteiger partial charge in [-0.2, -0.15) is 0 Å². The number of rotatable bonds is 4. The molecule has 0 aliphatic carbocycles. The predicted molar refractivity (Wildman–Crippen MR) is 66.8 cm³/mol. The van der Waals surface area contributed by atoms with Crippen molar-refractivity contribution < 1.29 is 24.2 Å². The second-order valence-corrected chi connectivity index (χ2v) is 5.24. The van der Waals surface area contributed by atoms with E-state index in [2.05, 4.69) is 0 Å². The van der Waals surface area contributed by atoms with Crippen LogP contribution in [0.1, 0.15) is 32.1 Å². The summed E-state index contributed by atoms with van der Waals surface area (Å²) in [4.78, 5) is 24.5. The molecule has 0 radical (unpaired) electrons. The van der Waals surface area contributed by atoms with Crippen molar-refractivity contribution in [2.45, 2.75) is 50.4 Å². The van der Waals surface area contributed by atoms with E-state index in [9.17, 15) is 9.59 Å². The predicted octanol–water partition coefficient (Wildman–Crippen LogP) is 0.646. The van der Waals surface area contributed by atoms with E-state index in [1.807, 2.05) is 0 Å². The average Bonchev–Trinajstić information content (AvgIpc) is 2.88. The molecular formula is C13H21NO5. The lowest BCUT2D eigenvalue weighted by Crippen LogP contribution is -2.42. The number of hydrogen-bond donors (Lipinski definition) is 1. The van der Waals surface area contributed by atoms with Gasteiger partial charge in [0.05, 0.1) is 6.10 Å². The Bertz CT molecular complexity index is 340. The third-order valence-corrected chi connectivity index (χ3v) is 3.70. The summed E-state index contributed by atoms with van der Waals surface area (Å²) >= 11 is 0. The van der Waals surface area contributed by atoms with Gasteiger partial charge in [0.25, 0.3) is 5.91 Å². The van der Waals surface area contributed by atoms with Crippen LogP contribution in [0, 0.1) is 0 Å². The molecule has 0 bridgehead atoms. The highest BCUT2D eigenvalue weighted by Gasteiger charge is 2.36. The zero-order valence-corrected chi connectivity index (χ0v) is 11.2. The van der Waals surface area contributed by atoms with Gasteiger partial charge in [-0.05, 0) is 32.1 Å². The normalized spacial score (nSPS) is 31.1. The Balaban J connectivity index is 1.80. The lowest BCUT2D eigenvalue weighted by atomic mass is 10.1. The molecule has 0 aromatic carbocycles. The van der Waals surface area contributed by atoms with Crippen LogP contribution in [0.4, 0.5) is 0 Å². The van der Waals surface area contributed by atoms with Gasteiger partial charge in [-0.3, -0.25) is 4.79 Å². The highest BCUT2D eigenvalue weighted by molar-refractivity contribution is 5.82. The number of amides is 1. The van der Waals surface area contributed by atoms with E-state index in [4.69, 9.17) is 14.6 Å². The maximum atomic E-state index is 12.1. The molecule has 3 atom stereocenters. The van der Waals surface area contributed by atoms with E-state index in [1.165, 1.54) is 0 Å². The van der Waals surface area contributed by atoms with Crippen molar-refractivity contribution in [2.24, 2.45) is 0 Å². The van der Waals surface area contributed by atoms with Gasteiger partial charge in [0.15, 0.2) is 6.10 Å². The number of hydrogen-bond acceptors (Lipinski definition) is 4. The molecule has 2 saturated heterocycles. The number of likely N-dealkylation sites (N-methyl/N-ethyl adjacent to an activating group) is 1. The largest absolute Gasteiger partial charge is 0.479 e. The van der Waals surface area contributed by atoms with Gasteiger partial charge in [0.1, 0.15) is 6.10 Å². The Morgan fingerprint density at radius 3 is 2.53 bits per heavy atom. The van der Waals surface area contributed by atoms with Gasteiger partial charge in [0.2, 0.25) is 0 Å². The molecule has 2 rings (SSSR count). The Hall–Kier alpha value is -1.14. The van der Waals surface area contributed by atoms with E-state index in [0.717, 1.165) is 25.9 Å². The van der Waals surface area contributed by atoms with Crippen LogP contribution in [0.3, 0.4) is 0 Å². The minimum Gasteiger partial charge on any atom is -0.479 e. The van der Waals surface area contributed by atoms with E-state index in [-0.39, 0.29) is 12.0 Å². The minimum atomic E-state index is -0.992. The molecule has 19 heavy (non-hydrogen) atoms. The van der Waals surface area contributed by atoms with Gasteiger partial charge in [-0.15, -0.1) is 0 Å². The number of carboxylic acids is 1. The van der Waals surface area contributed by atoms with Crippen molar-refractivity contribution >= 4 is 11.9 Å². The molecule has 108 valence electrons. The number of nitrogens with zero attached hydrogens (tertiary/aromatic N) is 1. The third kappa shape index (κ3) is 3.67. The van der Waals surface area contributed by atoms with Crippen molar-refractivity contribution in [1.29, 1.82) is 0 Å². The summed E-state index contributed by atoms with van der Waals surface area (Å²) in [5.74, 6) is -1.13. The summed E-state index contributed by atoms with van der Waals surface area (Å²) in [5, 5.41) is 8.84. The molecule has 0 saturated carbocycles. The Kier molecular flexibility index (Phi) is 4.76. The fraction of sp³-hybridized carbons (Fsp3) is 0.846. The number of aliphatic carboxylic acids is 1. The molecule has 2 aliphatic heterocycles. The lowest BCUT2D eigenvalue weighted by molar-refractivity contribution is -0.155. The molecule has 0 aromatic heterocycles. The highest BCUT2D eigenvalue weighted by atomic mass is 16.5. The molecule has 6 heteroatoms. The molecule has 2 fully saturated rings. The van der Waals surface area contributed by atoms with E-state index in [0.29, 0.717) is 19.4 Å². The van der Waals surface area contributed by atoms with Gasteiger partial charge >= 0.3 is 5.97 Å². The van der Waals surface area contributed by atoms with Crippen LogP contribution < -0.4 is 0 Å². The van der Waals surface area contributed by atoms with Gasteiger partial charge in [-0.1, -0.05) is 0 Å². The maximum absolute atomic E-state index is 12.1. The van der Waals surface area contributed by atoms with Crippen LogP contribution in [-0.2, 0) is 19.1 Å². The molecular weight excluding hydrogens is 250 g/mol. The molecule has 2 aliphatic rings. The summed E-state index contributed by atoms with van der Waals surface area (Å²) in [5.41, 5.74) is 0. The Morgan fingerprint density at radius 1 is 1.21 bits per heavy atom. The fourth-order valence-electron chi connectivity index (χ4n) is 2.59. The number of ether oxygens (including phenoxy) is 2. The molecule has 1 amide bonds. The number of carbonyl (C=O) groups excluding carboxylic acids is 1. The first kappa shape index (κ1) is 14.3. The van der Waals surface area contributed by atoms with Gasteiger partial charge in [-0.25, -0.2) is 4.79 Å². The first-order valence-corrected chi connectivity index (χ1v) is 6.83. The number of carboxylic acid groups (broad SMARTS) is 1. The standard InChI is InChI=1S/C13H21NO5/c1-14(8-9-4-2-3-7-18-9)12(15)10-5-6-11(19-10)13(16)17/h9-11H,2-8H2,1H3,(H,16,17)/t9?,10-,11+/m0/s1. The monoisotopic (exact) mass is 271 g/mol. The van der Waals surface area contributed by atoms with Crippen LogP contribution in [0.15, 0.2) is 0 Å². The molecule has 2 heterocycles. The quantitative estimate of drug-likeness (QED) is 0.812. The van der Waals surface area contributed by atoms with Crippen LogP contribution in [0.25, 0.3) is 0 Å². The van der Waals surface area contributed by atoms with Crippen LogP contribution in [-0.4, -0.2) is 60.4 Å². The smallest absolute Gasteiger partial charge is 0.332 e. The summed E-state index contributed by atoms with van der Waals surface area (Å²) in [6.45, 7) is 1.31. The molecule has 1 unspecified atom stereocenters. The average molecular weight is 271 g/mol. The molecule has 6 nitrogen and oxygen atoms in total. The molecule has 0 aromatic rings. The summed E-state index contributed by atoms with van der Waals surface area (Å²) in [7, 11) is 1.72. The Labute approximate surface area is 112 Å². The van der Waals surface area contributed by atoms with Crippen molar-refractivity contribution in [3.05, 3.63) is 0 Å². The van der Waals surface area contributed by atoms with Gasteiger partial charge < -0.3 is 19.5 Å². The van der Waals surface area contributed by atoms with Crippen molar-refractivity contribution in [3.8, 4) is 0 Å². The highest BCUT2D eigenvalue weighted by Crippen LogP contribution is 2.22. The lowest BCUT2D eigenvalue weighted by Gasteiger charge is -2.28. The van der Waals surface area contributed by atoms with Crippen LogP contribution in [0.2, 0.25) is 0 Å². The van der Waals surface area contributed by atoms with E-state index >= 15 is 0 Å². The topological polar surface area (TPSA) is 76.1 Å². The third-order valence-electron chi connectivity index (χ3n) is 3.70. The number of carbonyl (C=O) groups is 2. The van der Waals surface area contributed by atoms with E-state index in [1.54, 1.807) is 11.9 Å².